The maximum atomic E-state index is 2.34. The zero-order valence-corrected chi connectivity index (χ0v) is 12.4. The zero-order chi connectivity index (χ0) is 13.0. The first-order valence-corrected chi connectivity index (χ1v) is 7.57. The van der Waals surface area contributed by atoms with E-state index in [4.69, 9.17) is 0 Å². The van der Waals surface area contributed by atoms with Gasteiger partial charge < -0.3 is 0 Å². The molecule has 0 amide bonds. The highest BCUT2D eigenvalue weighted by molar-refractivity contribution is 7.09. The molecule has 98 valence electrons. The van der Waals surface area contributed by atoms with Crippen LogP contribution in [0, 0.1) is 13.8 Å². The molecule has 0 aliphatic carbocycles. The number of nitrogens with zero attached hydrogens (tertiary/aromatic N) is 3. The van der Waals surface area contributed by atoms with E-state index in [2.05, 4.69) is 58.7 Å². The molecule has 0 fully saturated rings. The van der Waals surface area contributed by atoms with Crippen molar-refractivity contribution in [2.75, 3.05) is 0 Å². The van der Waals surface area contributed by atoms with Crippen LogP contribution in [-0.4, -0.2) is 4.57 Å². The summed E-state index contributed by atoms with van der Waals surface area (Å²) in [4.78, 5) is 1.42. The molecule has 0 atom stereocenters. The summed E-state index contributed by atoms with van der Waals surface area (Å²) in [6.07, 6.45) is 9.06. The van der Waals surface area contributed by atoms with Gasteiger partial charge in [-0.2, -0.15) is 4.57 Å². The van der Waals surface area contributed by atoms with E-state index in [0.29, 0.717) is 0 Å². The lowest BCUT2D eigenvalue weighted by atomic mass is 10.3. The largest absolute Gasteiger partial charge is 0.243 e. The van der Waals surface area contributed by atoms with Crippen LogP contribution >= 0.6 is 11.3 Å². The lowest BCUT2D eigenvalue weighted by molar-refractivity contribution is -0.703. The number of rotatable bonds is 6. The van der Waals surface area contributed by atoms with Crippen molar-refractivity contribution in [3.8, 4) is 0 Å². The molecule has 0 bridgehead atoms. The Morgan fingerprint density at radius 3 is 2.78 bits per heavy atom. The highest BCUT2D eigenvalue weighted by Crippen LogP contribution is 2.07. The number of imidazole rings is 1. The van der Waals surface area contributed by atoms with Crippen molar-refractivity contribution in [3.05, 3.63) is 34.8 Å². The third-order valence-electron chi connectivity index (χ3n) is 3.41. The van der Waals surface area contributed by atoms with Gasteiger partial charge in [-0.05, 0) is 13.3 Å². The number of unbranched alkanes of at least 4 members (excludes halogenated alkanes) is 1. The Morgan fingerprint density at radius 2 is 2.11 bits per heavy atom. The Kier molecular flexibility index (Phi) is 4.53. The van der Waals surface area contributed by atoms with Gasteiger partial charge in [-0.15, -0.1) is 0 Å². The number of aromatic nitrogens is 3. The molecule has 0 aliphatic heterocycles. The monoisotopic (exact) mass is 265 g/mol. The van der Waals surface area contributed by atoms with Crippen molar-refractivity contribution in [1.29, 1.82) is 0 Å². The topological polar surface area (TPSA) is 12.7 Å². The van der Waals surface area contributed by atoms with E-state index in [1.54, 1.807) is 0 Å². The summed E-state index contributed by atoms with van der Waals surface area (Å²) in [5.41, 5.74) is 3.62. The minimum atomic E-state index is 1.04. The van der Waals surface area contributed by atoms with Crippen LogP contribution in [0.5, 0.6) is 0 Å². The minimum absolute atomic E-state index is 1.04. The van der Waals surface area contributed by atoms with Gasteiger partial charge in [0, 0.05) is 6.92 Å². The van der Waals surface area contributed by atoms with Gasteiger partial charge in [-0.3, -0.25) is 0 Å². The molecule has 0 N–H and O–H groups in total. The van der Waals surface area contributed by atoms with E-state index in [0.717, 1.165) is 19.6 Å². The Labute approximate surface area is 113 Å². The lowest BCUT2D eigenvalue weighted by Gasteiger charge is -1.95. The first-order valence-electron chi connectivity index (χ1n) is 6.69. The smallest absolute Gasteiger partial charge is 0.237 e. The van der Waals surface area contributed by atoms with Crippen LogP contribution in [0.25, 0.3) is 0 Å². The highest BCUT2D eigenvalue weighted by atomic mass is 32.1. The van der Waals surface area contributed by atoms with Gasteiger partial charge >= 0.3 is 0 Å². The molecule has 2 aromatic heterocycles. The van der Waals surface area contributed by atoms with Crippen molar-refractivity contribution in [1.82, 2.24) is 4.57 Å². The van der Waals surface area contributed by atoms with Crippen molar-refractivity contribution < 1.29 is 9.13 Å². The molecular weight excluding hydrogens is 242 g/mol. The molecule has 4 heteroatoms. The Bertz CT molecular complexity index is 499. The Hall–Kier alpha value is -1.16. The fourth-order valence-electron chi connectivity index (χ4n) is 2.00. The average Bonchev–Trinajstić information content (AvgIpc) is 2.94. The van der Waals surface area contributed by atoms with Crippen molar-refractivity contribution >= 4 is 11.3 Å². The summed E-state index contributed by atoms with van der Waals surface area (Å²) in [6.45, 7) is 9.84. The number of thiazole rings is 1. The summed E-state index contributed by atoms with van der Waals surface area (Å²) in [7, 11) is 0. The molecule has 0 saturated heterocycles. The summed E-state index contributed by atoms with van der Waals surface area (Å²) >= 11 is 1.83. The summed E-state index contributed by atoms with van der Waals surface area (Å²) in [5.74, 6) is 0. The van der Waals surface area contributed by atoms with Crippen LogP contribution in [0.4, 0.5) is 0 Å². The summed E-state index contributed by atoms with van der Waals surface area (Å²) in [6, 6.07) is 0. The van der Waals surface area contributed by atoms with Gasteiger partial charge in [0.15, 0.2) is 12.2 Å². The van der Waals surface area contributed by atoms with E-state index >= 15 is 0 Å². The number of hydrogen-bond donors (Lipinski definition) is 0. The highest BCUT2D eigenvalue weighted by Gasteiger charge is 2.13. The fourth-order valence-corrected chi connectivity index (χ4v) is 2.83. The van der Waals surface area contributed by atoms with Gasteiger partial charge in [0.2, 0.25) is 11.8 Å². The molecule has 0 aliphatic rings. The van der Waals surface area contributed by atoms with Gasteiger partial charge in [-0.25, -0.2) is 9.13 Å². The third-order valence-corrected chi connectivity index (χ3v) is 4.42. The Morgan fingerprint density at radius 1 is 1.28 bits per heavy atom. The van der Waals surface area contributed by atoms with Gasteiger partial charge in [0.05, 0.1) is 11.4 Å². The van der Waals surface area contributed by atoms with E-state index in [1.165, 1.54) is 23.4 Å². The maximum Gasteiger partial charge on any atom is 0.243 e. The van der Waals surface area contributed by atoms with E-state index < -0.39 is 0 Å². The van der Waals surface area contributed by atoms with Gasteiger partial charge in [-0.1, -0.05) is 24.7 Å². The number of aryl methyl sites for hydroxylation is 4. The first-order chi connectivity index (χ1) is 8.70. The molecule has 0 unspecified atom stereocenters. The fraction of sp³-hybridized carbons (Fsp3) is 0.571. The molecule has 2 aromatic rings. The van der Waals surface area contributed by atoms with Crippen LogP contribution in [-0.2, 0) is 19.6 Å². The molecule has 0 aromatic carbocycles. The summed E-state index contributed by atoms with van der Waals surface area (Å²) in [5, 5.41) is 0. The van der Waals surface area contributed by atoms with Crippen LogP contribution in [0.15, 0.2) is 24.2 Å². The molecule has 2 rings (SSSR count). The van der Waals surface area contributed by atoms with Gasteiger partial charge in [0.1, 0.15) is 18.9 Å². The second kappa shape index (κ2) is 6.14. The summed E-state index contributed by atoms with van der Waals surface area (Å²) < 4.78 is 6.89. The predicted octanol–water partition coefficient (Wildman–Crippen LogP) is 2.24. The van der Waals surface area contributed by atoms with Crippen molar-refractivity contribution in [2.24, 2.45) is 0 Å². The third kappa shape index (κ3) is 3.19. The SMILES string of the molecule is CCCC[n+]1ccn(CC[n+]2csc(C)c2C)c1. The van der Waals surface area contributed by atoms with Gasteiger partial charge in [0.25, 0.3) is 0 Å². The Balaban J connectivity index is 1.90. The van der Waals surface area contributed by atoms with Crippen LogP contribution in [0.3, 0.4) is 0 Å². The van der Waals surface area contributed by atoms with E-state index in [9.17, 15) is 0 Å². The molecule has 18 heavy (non-hydrogen) atoms. The molecule has 0 saturated carbocycles. The van der Waals surface area contributed by atoms with E-state index in [-0.39, 0.29) is 0 Å². The quantitative estimate of drug-likeness (QED) is 0.711. The maximum absolute atomic E-state index is 2.34. The molecule has 3 nitrogen and oxygen atoms in total. The van der Waals surface area contributed by atoms with Crippen LogP contribution in [0.2, 0.25) is 0 Å². The zero-order valence-electron chi connectivity index (χ0n) is 11.6. The van der Waals surface area contributed by atoms with Crippen molar-refractivity contribution in [2.45, 2.75) is 53.2 Å². The number of hydrogen-bond acceptors (Lipinski definition) is 1. The van der Waals surface area contributed by atoms with E-state index in [1.807, 2.05) is 11.3 Å². The lowest BCUT2D eigenvalue weighted by Crippen LogP contribution is -2.37. The van der Waals surface area contributed by atoms with Crippen LogP contribution < -0.4 is 9.13 Å². The molecule has 0 spiro atoms. The second-order valence-electron chi connectivity index (χ2n) is 4.80. The van der Waals surface area contributed by atoms with Crippen molar-refractivity contribution in [3.63, 3.8) is 0 Å². The molecule has 0 radical (unpaired) electrons. The normalized spacial score (nSPS) is 11.1. The average molecular weight is 265 g/mol. The second-order valence-corrected chi connectivity index (χ2v) is 5.86. The first kappa shape index (κ1) is 13.3. The standard InChI is InChI=1S/C14H23N3S/c1-4-5-6-15-7-8-16(11-15)9-10-17-12-18-14(3)13(17)2/h7-8,11-12H,4-6,9-10H2,1-3H3/q+2. The minimum Gasteiger partial charge on any atom is -0.237 e. The predicted molar refractivity (Wildman–Crippen MR) is 73.5 cm³/mol. The molecular formula is C14H23N3S+2. The molecule has 2 heterocycles. The van der Waals surface area contributed by atoms with Crippen LogP contribution in [0.1, 0.15) is 30.3 Å².